The van der Waals surface area contributed by atoms with Crippen LogP contribution >= 0.6 is 0 Å². The van der Waals surface area contributed by atoms with E-state index in [1.807, 2.05) is 59.5 Å². The fourth-order valence-electron chi connectivity index (χ4n) is 3.50. The molecule has 1 aliphatic rings. The van der Waals surface area contributed by atoms with Crippen LogP contribution in [0.1, 0.15) is 11.1 Å². The number of rotatable bonds is 7. The molecule has 1 aromatic heterocycles. The van der Waals surface area contributed by atoms with Crippen molar-refractivity contribution in [3.05, 3.63) is 84.1 Å². The second kappa shape index (κ2) is 9.30. The number of ether oxygens (including phenoxy) is 1. The maximum absolute atomic E-state index is 12.8. The second-order valence-corrected chi connectivity index (χ2v) is 7.32. The van der Waals surface area contributed by atoms with Gasteiger partial charge in [0.15, 0.2) is 0 Å². The molecule has 2 aromatic carbocycles. The SMILES string of the molecule is COc1ccc(CC(=O)Nc2ccc(N3CCN(Cc4ccccc4)C3=O)nc2)cc1. The van der Waals surface area contributed by atoms with Gasteiger partial charge in [-0.2, -0.15) is 0 Å². The van der Waals surface area contributed by atoms with E-state index >= 15 is 0 Å². The largest absolute Gasteiger partial charge is 0.497 e. The van der Waals surface area contributed by atoms with Crippen molar-refractivity contribution in [1.29, 1.82) is 0 Å². The van der Waals surface area contributed by atoms with Crippen molar-refractivity contribution in [2.24, 2.45) is 0 Å². The Balaban J connectivity index is 1.33. The Morgan fingerprint density at radius 1 is 1.00 bits per heavy atom. The highest BCUT2D eigenvalue weighted by atomic mass is 16.5. The van der Waals surface area contributed by atoms with E-state index in [9.17, 15) is 9.59 Å². The van der Waals surface area contributed by atoms with Crippen molar-refractivity contribution in [2.75, 3.05) is 30.4 Å². The van der Waals surface area contributed by atoms with Gasteiger partial charge >= 0.3 is 6.03 Å². The van der Waals surface area contributed by atoms with Crippen molar-refractivity contribution in [1.82, 2.24) is 9.88 Å². The van der Waals surface area contributed by atoms with E-state index in [0.29, 0.717) is 31.1 Å². The van der Waals surface area contributed by atoms with Crippen LogP contribution in [0.2, 0.25) is 0 Å². The van der Waals surface area contributed by atoms with E-state index in [2.05, 4.69) is 10.3 Å². The van der Waals surface area contributed by atoms with Crippen LogP contribution in [0.25, 0.3) is 0 Å². The van der Waals surface area contributed by atoms with Crippen LogP contribution in [0, 0.1) is 0 Å². The van der Waals surface area contributed by atoms with Crippen LogP contribution in [-0.4, -0.2) is 42.0 Å². The third kappa shape index (κ3) is 5.01. The third-order valence-corrected chi connectivity index (χ3v) is 5.14. The molecule has 4 rings (SSSR count). The lowest BCUT2D eigenvalue weighted by Crippen LogP contribution is -2.31. The lowest BCUT2D eigenvalue weighted by molar-refractivity contribution is -0.115. The number of hydrogen-bond donors (Lipinski definition) is 1. The fraction of sp³-hybridized carbons (Fsp3) is 0.208. The Kier molecular flexibility index (Phi) is 6.12. The molecule has 1 aliphatic heterocycles. The highest BCUT2D eigenvalue weighted by molar-refractivity contribution is 5.94. The molecule has 3 aromatic rings. The summed E-state index contributed by atoms with van der Waals surface area (Å²) in [6, 6.07) is 20.8. The van der Waals surface area contributed by atoms with Crippen molar-refractivity contribution < 1.29 is 14.3 Å². The van der Waals surface area contributed by atoms with Crippen molar-refractivity contribution >= 4 is 23.4 Å². The van der Waals surface area contributed by atoms with Crippen molar-refractivity contribution in [3.8, 4) is 5.75 Å². The normalized spacial score (nSPS) is 13.4. The number of hydrogen-bond acceptors (Lipinski definition) is 4. The number of aromatic nitrogens is 1. The minimum atomic E-state index is -0.133. The molecule has 31 heavy (non-hydrogen) atoms. The van der Waals surface area contributed by atoms with E-state index in [1.54, 1.807) is 30.3 Å². The molecule has 0 saturated carbocycles. The standard InChI is InChI=1S/C24H24N4O3/c1-31-21-10-7-18(8-11-21)15-23(29)26-20-9-12-22(25-16-20)28-14-13-27(24(28)30)17-19-5-3-2-4-6-19/h2-12,16H,13-15,17H2,1H3,(H,26,29). The summed E-state index contributed by atoms with van der Waals surface area (Å²) in [5, 5.41) is 2.84. The van der Waals surface area contributed by atoms with Crippen LogP contribution in [0.15, 0.2) is 72.9 Å². The summed E-state index contributed by atoms with van der Waals surface area (Å²) in [5.41, 5.74) is 2.58. The minimum Gasteiger partial charge on any atom is -0.497 e. The lowest BCUT2D eigenvalue weighted by atomic mass is 10.1. The first-order valence-electron chi connectivity index (χ1n) is 10.1. The third-order valence-electron chi connectivity index (χ3n) is 5.14. The predicted octanol–water partition coefficient (Wildman–Crippen LogP) is 3.71. The molecule has 0 spiro atoms. The average Bonchev–Trinajstić information content (AvgIpc) is 3.15. The number of nitrogens with zero attached hydrogens (tertiary/aromatic N) is 3. The summed E-state index contributed by atoms with van der Waals surface area (Å²) in [4.78, 5) is 32.9. The lowest BCUT2D eigenvalue weighted by Gasteiger charge is -2.18. The van der Waals surface area contributed by atoms with Crippen molar-refractivity contribution in [2.45, 2.75) is 13.0 Å². The molecule has 0 atom stereocenters. The number of carbonyl (C=O) groups excluding carboxylic acids is 2. The minimum absolute atomic E-state index is 0.0624. The molecule has 0 unspecified atom stereocenters. The zero-order valence-corrected chi connectivity index (χ0v) is 17.3. The van der Waals surface area contributed by atoms with Crippen LogP contribution < -0.4 is 15.0 Å². The molecule has 0 aliphatic carbocycles. The smallest absolute Gasteiger partial charge is 0.326 e. The Labute approximate surface area is 181 Å². The molecule has 7 heteroatoms. The van der Waals surface area contributed by atoms with Gasteiger partial charge in [-0.25, -0.2) is 9.78 Å². The van der Waals surface area contributed by atoms with Crippen LogP contribution in [0.4, 0.5) is 16.3 Å². The zero-order valence-electron chi connectivity index (χ0n) is 17.3. The topological polar surface area (TPSA) is 74.8 Å². The Morgan fingerprint density at radius 2 is 1.77 bits per heavy atom. The van der Waals surface area contributed by atoms with Gasteiger partial charge in [-0.05, 0) is 35.4 Å². The molecule has 1 saturated heterocycles. The molecule has 1 fully saturated rings. The van der Waals surface area contributed by atoms with Crippen LogP contribution in [0.5, 0.6) is 5.75 Å². The van der Waals surface area contributed by atoms with Crippen LogP contribution in [0.3, 0.4) is 0 Å². The molecule has 2 heterocycles. The van der Waals surface area contributed by atoms with Gasteiger partial charge in [-0.15, -0.1) is 0 Å². The maximum atomic E-state index is 12.8. The van der Waals surface area contributed by atoms with E-state index in [0.717, 1.165) is 16.9 Å². The summed E-state index contributed by atoms with van der Waals surface area (Å²) in [7, 11) is 1.61. The monoisotopic (exact) mass is 416 g/mol. The first-order valence-corrected chi connectivity index (χ1v) is 10.1. The number of benzene rings is 2. The summed E-state index contributed by atoms with van der Waals surface area (Å²) in [5.74, 6) is 1.20. The van der Waals surface area contributed by atoms with Gasteiger partial charge in [-0.3, -0.25) is 9.69 Å². The molecule has 0 radical (unpaired) electrons. The molecule has 3 amide bonds. The summed E-state index contributed by atoms with van der Waals surface area (Å²) in [6.45, 7) is 1.81. The zero-order chi connectivity index (χ0) is 21.6. The molecule has 0 bridgehead atoms. The first kappa shape index (κ1) is 20.4. The van der Waals surface area contributed by atoms with E-state index in [-0.39, 0.29) is 18.4 Å². The number of urea groups is 1. The van der Waals surface area contributed by atoms with Gasteiger partial charge in [0.05, 0.1) is 25.4 Å². The first-order chi connectivity index (χ1) is 15.1. The quantitative estimate of drug-likeness (QED) is 0.637. The maximum Gasteiger partial charge on any atom is 0.326 e. The van der Waals surface area contributed by atoms with Crippen molar-refractivity contribution in [3.63, 3.8) is 0 Å². The number of pyridine rings is 1. The van der Waals surface area contributed by atoms with E-state index in [1.165, 1.54) is 0 Å². The van der Waals surface area contributed by atoms with Crippen LogP contribution in [-0.2, 0) is 17.8 Å². The van der Waals surface area contributed by atoms with Gasteiger partial charge < -0.3 is 15.0 Å². The van der Waals surface area contributed by atoms with Gasteiger partial charge in [0.1, 0.15) is 11.6 Å². The highest BCUT2D eigenvalue weighted by Crippen LogP contribution is 2.21. The Morgan fingerprint density at radius 3 is 2.45 bits per heavy atom. The van der Waals surface area contributed by atoms with Gasteiger partial charge in [0.2, 0.25) is 5.91 Å². The number of anilines is 2. The molecular weight excluding hydrogens is 392 g/mol. The van der Waals surface area contributed by atoms with Gasteiger partial charge in [0.25, 0.3) is 0 Å². The Hall–Kier alpha value is -3.87. The fourth-order valence-corrected chi connectivity index (χ4v) is 3.50. The highest BCUT2D eigenvalue weighted by Gasteiger charge is 2.30. The van der Waals surface area contributed by atoms with E-state index in [4.69, 9.17) is 4.74 Å². The molecule has 158 valence electrons. The predicted molar refractivity (Wildman–Crippen MR) is 119 cm³/mol. The molecule has 1 N–H and O–H groups in total. The summed E-state index contributed by atoms with van der Waals surface area (Å²) in [6.07, 6.45) is 1.83. The van der Waals surface area contributed by atoms with E-state index < -0.39 is 0 Å². The molecule has 7 nitrogen and oxygen atoms in total. The number of carbonyl (C=O) groups is 2. The Bertz CT molecular complexity index is 1040. The second-order valence-electron chi connectivity index (χ2n) is 7.32. The van der Waals surface area contributed by atoms with Gasteiger partial charge in [-0.1, -0.05) is 42.5 Å². The number of nitrogens with one attached hydrogen (secondary N) is 1. The number of amides is 3. The number of methoxy groups -OCH3 is 1. The molecular formula is C24H24N4O3. The summed E-state index contributed by atoms with van der Waals surface area (Å²) < 4.78 is 5.13. The average molecular weight is 416 g/mol. The van der Waals surface area contributed by atoms with Gasteiger partial charge in [0, 0.05) is 19.6 Å². The summed E-state index contributed by atoms with van der Waals surface area (Å²) >= 11 is 0.